The van der Waals surface area contributed by atoms with Crippen LogP contribution in [0.2, 0.25) is 0 Å². The van der Waals surface area contributed by atoms with Crippen LogP contribution in [-0.4, -0.2) is 28.7 Å². The van der Waals surface area contributed by atoms with Gasteiger partial charge in [0.05, 0.1) is 16.8 Å². The summed E-state index contributed by atoms with van der Waals surface area (Å²) >= 11 is 0. The number of alkyl halides is 3. The molecule has 1 saturated carbocycles. The lowest BCUT2D eigenvalue weighted by atomic mass is 9.72. The van der Waals surface area contributed by atoms with E-state index in [1.807, 2.05) is 35.9 Å². The van der Waals surface area contributed by atoms with Crippen molar-refractivity contribution < 1.29 is 13.2 Å². The fourth-order valence-corrected chi connectivity index (χ4v) is 5.18. The van der Waals surface area contributed by atoms with Crippen molar-refractivity contribution in [3.05, 3.63) is 101 Å². The van der Waals surface area contributed by atoms with Gasteiger partial charge in [0, 0.05) is 37.8 Å². The van der Waals surface area contributed by atoms with Crippen LogP contribution in [0.3, 0.4) is 0 Å². The number of rotatable bonds is 5. The zero-order chi connectivity index (χ0) is 25.7. The first kappa shape index (κ1) is 23.2. The Morgan fingerprint density at radius 1 is 1.05 bits per heavy atom. The molecule has 4 aromatic heterocycles. The number of fused-ring (bicyclic) bond motifs is 1. The summed E-state index contributed by atoms with van der Waals surface area (Å²) in [6, 6.07) is 11.7. The molecule has 188 valence electrons. The van der Waals surface area contributed by atoms with Crippen molar-refractivity contribution in [2.75, 3.05) is 0 Å². The topological polar surface area (TPSA) is 70.0 Å². The van der Waals surface area contributed by atoms with Gasteiger partial charge in [0.2, 0.25) is 0 Å². The second-order valence-corrected chi connectivity index (χ2v) is 9.47. The van der Waals surface area contributed by atoms with E-state index in [-0.39, 0.29) is 11.4 Å². The molecule has 1 aromatic carbocycles. The summed E-state index contributed by atoms with van der Waals surface area (Å²) in [6.45, 7) is 0. The van der Waals surface area contributed by atoms with Crippen LogP contribution in [0.15, 0.2) is 78.4 Å². The van der Waals surface area contributed by atoms with Crippen molar-refractivity contribution in [2.24, 2.45) is 13.0 Å². The van der Waals surface area contributed by atoms with Gasteiger partial charge in [-0.05, 0) is 71.8 Å². The van der Waals surface area contributed by atoms with E-state index in [1.54, 1.807) is 18.7 Å². The molecule has 4 heterocycles. The van der Waals surface area contributed by atoms with Crippen LogP contribution in [0.5, 0.6) is 0 Å². The Hall–Kier alpha value is -4.21. The van der Waals surface area contributed by atoms with Gasteiger partial charge in [-0.2, -0.15) is 13.2 Å². The van der Waals surface area contributed by atoms with Crippen molar-refractivity contribution >= 4 is 5.52 Å². The van der Waals surface area contributed by atoms with Gasteiger partial charge in [0.15, 0.2) is 0 Å². The van der Waals surface area contributed by atoms with Crippen LogP contribution in [0, 0.1) is 5.92 Å². The highest BCUT2D eigenvalue weighted by Crippen LogP contribution is 2.44. The molecule has 0 bridgehead atoms. The number of imidazole rings is 1. The summed E-state index contributed by atoms with van der Waals surface area (Å²) in [6.07, 6.45) is 6.27. The molecule has 5 aromatic rings. The molecule has 0 N–H and O–H groups in total. The maximum Gasteiger partial charge on any atom is 0.418 e. The van der Waals surface area contributed by atoms with E-state index in [0.717, 1.165) is 52.2 Å². The second kappa shape index (κ2) is 8.72. The first-order valence-electron chi connectivity index (χ1n) is 12.0. The van der Waals surface area contributed by atoms with Crippen LogP contribution in [0.1, 0.15) is 42.1 Å². The fraction of sp³-hybridized carbons (Fsp3) is 0.259. The molecule has 0 spiro atoms. The minimum Gasteiger partial charge on any atom is -0.320 e. The predicted molar refractivity (Wildman–Crippen MR) is 131 cm³/mol. The lowest BCUT2D eigenvalue weighted by Gasteiger charge is -2.34. The fourth-order valence-electron chi connectivity index (χ4n) is 5.18. The number of hydrogen-bond donors (Lipinski definition) is 0. The van der Waals surface area contributed by atoms with Gasteiger partial charge >= 0.3 is 11.9 Å². The third-order valence-electron chi connectivity index (χ3n) is 7.24. The highest BCUT2D eigenvalue weighted by Gasteiger charge is 2.35. The zero-order valence-corrected chi connectivity index (χ0v) is 19.9. The highest BCUT2D eigenvalue weighted by atomic mass is 19.4. The average Bonchev–Trinajstić information content (AvgIpc) is 3.43. The number of halogens is 3. The van der Waals surface area contributed by atoms with E-state index in [2.05, 4.69) is 21.2 Å². The molecular weight excluding hydrogens is 481 g/mol. The quantitative estimate of drug-likeness (QED) is 0.329. The van der Waals surface area contributed by atoms with Crippen molar-refractivity contribution in [3.63, 3.8) is 0 Å². The molecule has 6 rings (SSSR count). The third-order valence-corrected chi connectivity index (χ3v) is 7.24. The molecule has 1 unspecified atom stereocenters. The Bertz CT molecular complexity index is 1650. The first-order chi connectivity index (χ1) is 17.8. The summed E-state index contributed by atoms with van der Waals surface area (Å²) in [7, 11) is 1.90. The van der Waals surface area contributed by atoms with Crippen LogP contribution < -0.4 is 5.69 Å². The monoisotopic (exact) mass is 504 g/mol. The largest absolute Gasteiger partial charge is 0.418 e. The Balaban J connectivity index is 1.59. The maximum atomic E-state index is 13.7. The predicted octanol–water partition coefficient (Wildman–Crippen LogP) is 5.23. The van der Waals surface area contributed by atoms with Crippen molar-refractivity contribution in [2.45, 2.75) is 31.4 Å². The normalized spacial score (nSPS) is 15.1. The molecule has 1 aliphatic carbocycles. The van der Waals surface area contributed by atoms with E-state index in [1.165, 1.54) is 23.0 Å². The molecule has 1 fully saturated rings. The van der Waals surface area contributed by atoms with Gasteiger partial charge in [-0.3, -0.25) is 14.0 Å². The number of hydrogen-bond acceptors (Lipinski definition) is 4. The second-order valence-electron chi connectivity index (χ2n) is 9.47. The molecular formula is C27H23F3N6O. The SMILES string of the molecule is Cn1cnnc1C(c1cc(-c2ccncc2)cc(-n2cc3c(C(F)(F)F)cccn3c2=O)c1)C1CCC1. The Labute approximate surface area is 209 Å². The van der Waals surface area contributed by atoms with Crippen molar-refractivity contribution in [3.8, 4) is 16.8 Å². The van der Waals surface area contributed by atoms with Crippen LogP contribution in [0.4, 0.5) is 13.2 Å². The summed E-state index contributed by atoms with van der Waals surface area (Å²) in [5.74, 6) is 1.10. The maximum absolute atomic E-state index is 13.7. The van der Waals surface area contributed by atoms with Gasteiger partial charge in [-0.15, -0.1) is 10.2 Å². The Morgan fingerprint density at radius 3 is 2.49 bits per heavy atom. The van der Waals surface area contributed by atoms with Gasteiger partial charge in [0.25, 0.3) is 0 Å². The van der Waals surface area contributed by atoms with Crippen LogP contribution in [0.25, 0.3) is 22.3 Å². The molecule has 0 amide bonds. The molecule has 1 atom stereocenters. The minimum atomic E-state index is -4.59. The minimum absolute atomic E-state index is 0.0692. The number of pyridine rings is 2. The average molecular weight is 505 g/mol. The molecule has 1 aliphatic rings. The van der Waals surface area contributed by atoms with Gasteiger partial charge in [-0.25, -0.2) is 4.79 Å². The standard InChI is InChI=1S/C27H23F3N6O/c1-34-16-32-33-25(34)24(18-4-2-5-18)20-12-19(17-7-9-31-10-8-17)13-21(14-20)36-15-23-22(27(28,29)30)6-3-11-35(23)26(36)37/h3,6-16,18,24H,2,4-5H2,1H3. The number of nitrogens with zero attached hydrogens (tertiary/aromatic N) is 6. The van der Waals surface area contributed by atoms with Gasteiger partial charge in [0.1, 0.15) is 12.2 Å². The molecule has 0 aliphatic heterocycles. The smallest absolute Gasteiger partial charge is 0.320 e. The number of aromatic nitrogens is 6. The van der Waals surface area contributed by atoms with Gasteiger partial charge in [-0.1, -0.05) is 12.5 Å². The first-order valence-corrected chi connectivity index (χ1v) is 12.0. The van der Waals surface area contributed by atoms with Gasteiger partial charge < -0.3 is 4.57 Å². The van der Waals surface area contributed by atoms with Crippen LogP contribution in [-0.2, 0) is 13.2 Å². The highest BCUT2D eigenvalue weighted by molar-refractivity contribution is 5.68. The molecule has 7 nitrogen and oxygen atoms in total. The zero-order valence-electron chi connectivity index (χ0n) is 19.9. The van der Waals surface area contributed by atoms with E-state index >= 15 is 0 Å². The summed E-state index contributed by atoms with van der Waals surface area (Å²) in [4.78, 5) is 17.4. The lowest BCUT2D eigenvalue weighted by Crippen LogP contribution is -2.24. The van der Waals surface area contributed by atoms with Crippen molar-refractivity contribution in [1.29, 1.82) is 0 Å². The number of benzene rings is 1. The molecule has 10 heteroatoms. The lowest BCUT2D eigenvalue weighted by molar-refractivity contribution is -0.136. The third kappa shape index (κ3) is 4.02. The van der Waals surface area contributed by atoms with E-state index in [0.29, 0.717) is 11.6 Å². The summed E-state index contributed by atoms with van der Waals surface area (Å²) in [5, 5.41) is 8.48. The number of aryl methyl sites for hydroxylation is 1. The Kier molecular flexibility index (Phi) is 5.47. The van der Waals surface area contributed by atoms with Crippen LogP contribution >= 0.6 is 0 Å². The molecule has 0 saturated heterocycles. The Morgan fingerprint density at radius 2 is 1.84 bits per heavy atom. The van der Waals surface area contributed by atoms with E-state index in [9.17, 15) is 18.0 Å². The van der Waals surface area contributed by atoms with E-state index in [4.69, 9.17) is 0 Å². The van der Waals surface area contributed by atoms with Crippen molar-refractivity contribution in [1.82, 2.24) is 28.7 Å². The van der Waals surface area contributed by atoms with E-state index < -0.39 is 17.4 Å². The molecule has 37 heavy (non-hydrogen) atoms. The summed E-state index contributed by atoms with van der Waals surface area (Å²) in [5.41, 5.74) is 1.51. The summed E-state index contributed by atoms with van der Waals surface area (Å²) < 4.78 is 45.3. The molecule has 0 radical (unpaired) electrons.